The fourth-order valence-electron chi connectivity index (χ4n) is 4.27. The number of aromatic amines is 1. The van der Waals surface area contributed by atoms with E-state index in [9.17, 15) is 22.8 Å². The Kier molecular flexibility index (Phi) is 7.58. The largest absolute Gasteiger partial charge is 0.333 e. The standard InChI is InChI=1S/C27H28ClN5O5S/c1-27(2,3)31-26(36)30-18-8-5-7-16(13-18)15-33-21-11-10-17(28)14-20(21)22(19-9-6-12-29-24(19)34)23(33)25(35)32-39(4,37)38/h5-14H,15H2,1-4H3,(H,29,34)(H,32,35)(H2,30,31,36). The predicted molar refractivity (Wildman–Crippen MR) is 153 cm³/mol. The summed E-state index contributed by atoms with van der Waals surface area (Å²) in [5, 5.41) is 6.50. The number of amides is 3. The summed E-state index contributed by atoms with van der Waals surface area (Å²) in [6.07, 6.45) is 2.34. The number of urea groups is 1. The van der Waals surface area contributed by atoms with Gasteiger partial charge in [0.05, 0.1) is 6.26 Å². The van der Waals surface area contributed by atoms with Gasteiger partial charge in [-0.1, -0.05) is 23.7 Å². The molecule has 0 aliphatic heterocycles. The summed E-state index contributed by atoms with van der Waals surface area (Å²) in [4.78, 5) is 41.3. The number of nitrogens with zero attached hydrogens (tertiary/aromatic N) is 1. The number of carbonyl (C=O) groups is 2. The number of carbonyl (C=O) groups excluding carboxylic acids is 2. The first-order valence-electron chi connectivity index (χ1n) is 11.9. The molecule has 0 unspecified atom stereocenters. The summed E-state index contributed by atoms with van der Waals surface area (Å²) in [6, 6.07) is 14.8. The molecule has 4 aromatic rings. The van der Waals surface area contributed by atoms with Gasteiger partial charge in [-0.3, -0.25) is 9.59 Å². The number of pyridine rings is 1. The van der Waals surface area contributed by atoms with E-state index in [-0.39, 0.29) is 29.4 Å². The fraction of sp³-hybridized carbons (Fsp3) is 0.222. The highest BCUT2D eigenvalue weighted by molar-refractivity contribution is 7.89. The van der Waals surface area contributed by atoms with Crippen molar-refractivity contribution in [3.05, 3.63) is 87.4 Å². The number of benzene rings is 2. The smallest absolute Gasteiger partial charge is 0.319 e. The van der Waals surface area contributed by atoms with Gasteiger partial charge in [0, 0.05) is 51.0 Å². The molecule has 204 valence electrons. The average Bonchev–Trinajstić information content (AvgIpc) is 3.10. The van der Waals surface area contributed by atoms with Crippen LogP contribution in [-0.4, -0.2) is 41.7 Å². The molecule has 0 radical (unpaired) electrons. The minimum Gasteiger partial charge on any atom is -0.333 e. The van der Waals surface area contributed by atoms with E-state index in [4.69, 9.17) is 11.6 Å². The highest BCUT2D eigenvalue weighted by Gasteiger charge is 2.27. The van der Waals surface area contributed by atoms with Crippen LogP contribution in [0.15, 0.2) is 65.6 Å². The van der Waals surface area contributed by atoms with E-state index in [0.29, 0.717) is 27.2 Å². The quantitative estimate of drug-likeness (QED) is 0.274. The molecule has 0 atom stereocenters. The maximum absolute atomic E-state index is 13.5. The van der Waals surface area contributed by atoms with Gasteiger partial charge in [0.15, 0.2) is 0 Å². The first-order valence-corrected chi connectivity index (χ1v) is 14.2. The second-order valence-corrected chi connectivity index (χ2v) is 12.3. The van der Waals surface area contributed by atoms with Crippen LogP contribution in [0.3, 0.4) is 0 Å². The van der Waals surface area contributed by atoms with Crippen LogP contribution in [-0.2, 0) is 16.6 Å². The number of halogens is 1. The lowest BCUT2D eigenvalue weighted by molar-refractivity contribution is 0.0974. The number of aromatic nitrogens is 2. The molecule has 0 spiro atoms. The monoisotopic (exact) mass is 569 g/mol. The number of hydrogen-bond donors (Lipinski definition) is 4. The molecule has 2 aromatic heterocycles. The number of anilines is 1. The van der Waals surface area contributed by atoms with Crippen molar-refractivity contribution >= 4 is 50.2 Å². The van der Waals surface area contributed by atoms with E-state index in [1.807, 2.05) is 31.6 Å². The van der Waals surface area contributed by atoms with Crippen molar-refractivity contribution in [1.82, 2.24) is 19.6 Å². The molecule has 4 rings (SSSR count). The van der Waals surface area contributed by atoms with Gasteiger partial charge >= 0.3 is 6.03 Å². The molecule has 0 aliphatic rings. The third-order valence-corrected chi connectivity index (χ3v) is 6.41. The summed E-state index contributed by atoms with van der Waals surface area (Å²) in [5.74, 6) is -0.901. The summed E-state index contributed by atoms with van der Waals surface area (Å²) in [6.45, 7) is 5.71. The van der Waals surface area contributed by atoms with Crippen molar-refractivity contribution in [2.45, 2.75) is 32.9 Å². The van der Waals surface area contributed by atoms with E-state index in [1.165, 1.54) is 6.20 Å². The molecule has 0 bridgehead atoms. The maximum Gasteiger partial charge on any atom is 0.319 e. The highest BCUT2D eigenvalue weighted by Crippen LogP contribution is 2.36. The number of sulfonamides is 1. The molecule has 12 heteroatoms. The third kappa shape index (κ3) is 6.68. The fourth-order valence-corrected chi connectivity index (χ4v) is 4.87. The third-order valence-electron chi connectivity index (χ3n) is 5.62. The van der Waals surface area contributed by atoms with Crippen LogP contribution in [0.25, 0.3) is 22.0 Å². The Morgan fingerprint density at radius 1 is 1.05 bits per heavy atom. The molecule has 2 heterocycles. The Labute approximate surface area is 230 Å². The maximum atomic E-state index is 13.5. The zero-order valence-electron chi connectivity index (χ0n) is 21.8. The van der Waals surface area contributed by atoms with Gasteiger partial charge in [0.1, 0.15) is 5.69 Å². The second kappa shape index (κ2) is 10.6. The van der Waals surface area contributed by atoms with Crippen LogP contribution < -0.4 is 20.9 Å². The molecule has 3 amide bonds. The first-order chi connectivity index (χ1) is 18.2. The van der Waals surface area contributed by atoms with E-state index < -0.39 is 27.0 Å². The van der Waals surface area contributed by atoms with Crippen molar-refractivity contribution < 1.29 is 18.0 Å². The van der Waals surface area contributed by atoms with Crippen LogP contribution in [0.5, 0.6) is 0 Å². The number of nitrogens with one attached hydrogen (secondary N) is 4. The summed E-state index contributed by atoms with van der Waals surface area (Å²) in [7, 11) is -3.93. The molecule has 0 saturated heterocycles. The summed E-state index contributed by atoms with van der Waals surface area (Å²) in [5.41, 5.74) is 1.29. The summed E-state index contributed by atoms with van der Waals surface area (Å²) >= 11 is 6.30. The van der Waals surface area contributed by atoms with Gasteiger partial charge in [-0.25, -0.2) is 17.9 Å². The van der Waals surface area contributed by atoms with Crippen molar-refractivity contribution in [3.8, 4) is 11.1 Å². The Bertz CT molecular complexity index is 1750. The zero-order valence-corrected chi connectivity index (χ0v) is 23.3. The minimum atomic E-state index is -3.93. The zero-order chi connectivity index (χ0) is 28.5. The molecule has 39 heavy (non-hydrogen) atoms. The van der Waals surface area contributed by atoms with E-state index in [2.05, 4.69) is 15.6 Å². The van der Waals surface area contributed by atoms with Gasteiger partial charge < -0.3 is 20.2 Å². The number of hydrogen-bond acceptors (Lipinski definition) is 5. The Morgan fingerprint density at radius 2 is 1.79 bits per heavy atom. The lowest BCUT2D eigenvalue weighted by Gasteiger charge is -2.21. The van der Waals surface area contributed by atoms with Gasteiger partial charge in [0.2, 0.25) is 10.0 Å². The summed E-state index contributed by atoms with van der Waals surface area (Å²) < 4.78 is 27.7. The molecule has 4 N–H and O–H groups in total. The predicted octanol–water partition coefficient (Wildman–Crippen LogP) is 4.31. The minimum absolute atomic E-state index is 0.0294. The van der Waals surface area contributed by atoms with Crippen molar-refractivity contribution in [2.24, 2.45) is 0 Å². The van der Waals surface area contributed by atoms with E-state index in [0.717, 1.165) is 6.26 Å². The first kappa shape index (κ1) is 27.9. The molecular formula is C27H28ClN5O5S. The number of rotatable bonds is 6. The number of fused-ring (bicyclic) bond motifs is 1. The molecule has 2 aromatic carbocycles. The van der Waals surface area contributed by atoms with Gasteiger partial charge in [-0.15, -0.1) is 0 Å². The van der Waals surface area contributed by atoms with E-state index in [1.54, 1.807) is 53.1 Å². The second-order valence-electron chi connectivity index (χ2n) is 10.1. The number of H-pyrrole nitrogens is 1. The van der Waals surface area contributed by atoms with Crippen molar-refractivity contribution in [1.29, 1.82) is 0 Å². The lowest BCUT2D eigenvalue weighted by atomic mass is 10.0. The highest BCUT2D eigenvalue weighted by atomic mass is 35.5. The molecular weight excluding hydrogens is 542 g/mol. The van der Waals surface area contributed by atoms with Gasteiger partial charge in [-0.2, -0.15) is 0 Å². The molecule has 10 nitrogen and oxygen atoms in total. The van der Waals surface area contributed by atoms with Crippen molar-refractivity contribution in [3.63, 3.8) is 0 Å². The van der Waals surface area contributed by atoms with Crippen molar-refractivity contribution in [2.75, 3.05) is 11.6 Å². The Hall–Kier alpha value is -4.09. The average molecular weight is 570 g/mol. The van der Waals surface area contributed by atoms with Crippen LogP contribution in [0.2, 0.25) is 5.02 Å². The van der Waals surface area contributed by atoms with Gasteiger partial charge in [0.25, 0.3) is 11.5 Å². The molecule has 0 fully saturated rings. The topological polar surface area (TPSA) is 142 Å². The van der Waals surface area contributed by atoms with Crippen LogP contribution in [0.4, 0.5) is 10.5 Å². The van der Waals surface area contributed by atoms with Crippen LogP contribution >= 0.6 is 11.6 Å². The SMILES string of the molecule is CC(C)(C)NC(=O)Nc1cccc(Cn2c(C(=O)NS(C)(=O)=O)c(-c3ccc[nH]c3=O)c3cc(Cl)ccc32)c1. The van der Waals surface area contributed by atoms with Crippen LogP contribution in [0, 0.1) is 0 Å². The molecule has 0 aliphatic carbocycles. The molecule has 0 saturated carbocycles. The van der Waals surface area contributed by atoms with E-state index >= 15 is 0 Å². The Balaban J connectivity index is 1.89. The normalized spacial score (nSPS) is 11.8. The Morgan fingerprint density at radius 3 is 2.46 bits per heavy atom. The van der Waals surface area contributed by atoms with Gasteiger partial charge in [-0.05, 0) is 68.8 Å². The van der Waals surface area contributed by atoms with Crippen LogP contribution in [0.1, 0.15) is 36.8 Å². The lowest BCUT2D eigenvalue weighted by Crippen LogP contribution is -2.43.